The van der Waals surface area contributed by atoms with Gasteiger partial charge < -0.3 is 50.8 Å². The molecule has 7 N–H and O–H groups in total. The van der Waals surface area contributed by atoms with E-state index in [0.29, 0.717) is 31.4 Å². The summed E-state index contributed by atoms with van der Waals surface area (Å²) in [4.78, 5) is 63.1. The first kappa shape index (κ1) is 41.4. The van der Waals surface area contributed by atoms with Gasteiger partial charge in [0, 0.05) is 38.4 Å². The van der Waals surface area contributed by atoms with Crippen molar-refractivity contribution in [2.24, 2.45) is 0 Å². The van der Waals surface area contributed by atoms with E-state index in [2.05, 4.69) is 21.3 Å². The molecule has 1 aliphatic heterocycles. The van der Waals surface area contributed by atoms with Gasteiger partial charge >= 0.3 is 12.1 Å². The fourth-order valence-corrected chi connectivity index (χ4v) is 6.04. The minimum absolute atomic E-state index is 0.0695. The first-order valence-corrected chi connectivity index (χ1v) is 17.7. The van der Waals surface area contributed by atoms with Crippen molar-refractivity contribution in [2.75, 3.05) is 20.2 Å². The van der Waals surface area contributed by atoms with Crippen LogP contribution in [0.1, 0.15) is 54.9 Å². The van der Waals surface area contributed by atoms with Gasteiger partial charge in [0.15, 0.2) is 0 Å². The van der Waals surface area contributed by atoms with Crippen LogP contribution in [-0.2, 0) is 35.2 Å². The molecule has 6 atom stereocenters. The monoisotopic (exact) mass is 748 g/mol. The summed E-state index contributed by atoms with van der Waals surface area (Å²) in [5.74, 6) is -2.87. The number of amides is 4. The first-order chi connectivity index (χ1) is 25.9. The van der Waals surface area contributed by atoms with E-state index in [-0.39, 0.29) is 13.0 Å². The summed E-state index contributed by atoms with van der Waals surface area (Å²) in [5, 5.41) is 43.5. The van der Waals surface area contributed by atoms with Gasteiger partial charge in [0.05, 0.1) is 25.4 Å². The Hall–Kier alpha value is -5.35. The normalized spacial score (nSPS) is 20.4. The highest BCUT2D eigenvalue weighted by Gasteiger charge is 2.56. The Morgan fingerprint density at radius 3 is 2.17 bits per heavy atom. The Balaban J connectivity index is 1.32. The topological polar surface area (TPSA) is 222 Å². The second-order valence-corrected chi connectivity index (χ2v) is 13.0. The predicted octanol–water partition coefficient (Wildman–Crippen LogP) is 1.93. The number of hydrogen-bond donors (Lipinski definition) is 7. The largest absolute Gasteiger partial charge is 0.465 e. The lowest BCUT2D eigenvalue weighted by Gasteiger charge is -2.47. The zero-order valence-electron chi connectivity index (χ0n) is 30.2. The number of methoxy groups -OCH3 is 1. The number of hydrogen-bond acceptors (Lipinski definition) is 11. The lowest BCUT2D eigenvalue weighted by Crippen LogP contribution is -2.71. The number of nitrogens with one attached hydrogen (secondary N) is 4. The molecule has 3 aromatic rings. The van der Waals surface area contributed by atoms with Crippen molar-refractivity contribution in [1.29, 1.82) is 0 Å². The zero-order chi connectivity index (χ0) is 39.1. The molecule has 0 saturated carbocycles. The Bertz CT molecular complexity index is 1690. The second-order valence-electron chi connectivity index (χ2n) is 13.0. The van der Waals surface area contributed by atoms with Crippen molar-refractivity contribution in [2.45, 2.75) is 81.8 Å². The maximum atomic E-state index is 13.1. The molecule has 15 nitrogen and oxygen atoms in total. The number of aliphatic hydroxyl groups is 3. The summed E-state index contributed by atoms with van der Waals surface area (Å²) in [6, 6.07) is 24.2. The van der Waals surface area contributed by atoms with Crippen molar-refractivity contribution >= 4 is 29.8 Å². The number of unbranched alkanes of at least 4 members (excludes halogenated alkanes) is 2. The molecule has 4 amide bonds. The molecule has 6 unspecified atom stereocenters. The molecule has 0 aliphatic carbocycles. The minimum atomic E-state index is -2.29. The first-order valence-electron chi connectivity index (χ1n) is 17.7. The Kier molecular flexibility index (Phi) is 15.5. The molecular formula is C39H48N4O11. The van der Waals surface area contributed by atoms with Gasteiger partial charge in [-0.1, -0.05) is 79.2 Å². The number of benzene rings is 3. The van der Waals surface area contributed by atoms with Crippen LogP contribution in [-0.4, -0.2) is 101 Å². The standard InChI is InChI=1S/C39H48N4O11/c1-25(44)42-33-30(45)22-39(37(50)52-2,43-32(47)16-10-5-11-21-40-38(51)53-24-26-12-6-3-7-13-26)54-35(33)34(48)31(46)23-41-36(49)29-19-17-28(18-20-29)27-14-8-4-9-15-27/h3-4,6-9,12-15,17-20,30-31,33-35,45-46,48H,5,10-11,16,21-24H2,1-2H3,(H,40,51)(H,41,49)(H,42,44)(H,43,47). The van der Waals surface area contributed by atoms with Gasteiger partial charge in [-0.2, -0.15) is 0 Å². The van der Waals surface area contributed by atoms with E-state index in [1.807, 2.05) is 60.7 Å². The van der Waals surface area contributed by atoms with Gasteiger partial charge in [-0.15, -0.1) is 0 Å². The third-order valence-corrected chi connectivity index (χ3v) is 8.85. The Labute approximate surface area is 313 Å². The predicted molar refractivity (Wildman–Crippen MR) is 195 cm³/mol. The molecule has 1 saturated heterocycles. The number of aliphatic hydroxyl groups excluding tert-OH is 3. The van der Waals surface area contributed by atoms with Crippen molar-refractivity contribution < 1.29 is 53.5 Å². The maximum absolute atomic E-state index is 13.1. The molecule has 4 rings (SSSR count). The summed E-state index contributed by atoms with van der Waals surface area (Å²) in [6.07, 6.45) is -6.57. The number of ether oxygens (including phenoxy) is 3. The number of alkyl carbamates (subject to hydrolysis) is 1. The molecule has 290 valence electrons. The lowest BCUT2D eigenvalue weighted by molar-refractivity contribution is -0.237. The highest BCUT2D eigenvalue weighted by atomic mass is 16.6. The molecule has 15 heteroatoms. The van der Waals surface area contributed by atoms with E-state index < -0.39 is 78.9 Å². The molecule has 54 heavy (non-hydrogen) atoms. The Morgan fingerprint density at radius 2 is 1.52 bits per heavy atom. The third-order valence-electron chi connectivity index (χ3n) is 8.85. The molecule has 1 aliphatic rings. The number of carbonyl (C=O) groups is 5. The van der Waals surface area contributed by atoms with Crippen LogP contribution in [0, 0.1) is 0 Å². The fourth-order valence-electron chi connectivity index (χ4n) is 6.04. The summed E-state index contributed by atoms with van der Waals surface area (Å²) in [5.41, 5.74) is 0.716. The summed E-state index contributed by atoms with van der Waals surface area (Å²) in [7, 11) is 1.05. The number of carbonyl (C=O) groups excluding carboxylic acids is 5. The van der Waals surface area contributed by atoms with Crippen LogP contribution in [0.4, 0.5) is 4.79 Å². The maximum Gasteiger partial charge on any atom is 0.407 e. The Morgan fingerprint density at radius 1 is 0.870 bits per heavy atom. The SMILES string of the molecule is COC(=O)C1(NC(=O)CCCCCNC(=O)OCc2ccccc2)CC(O)C(NC(C)=O)C(C(O)C(O)CNC(=O)c2ccc(-c3ccccc3)cc2)O1. The zero-order valence-corrected chi connectivity index (χ0v) is 30.2. The van der Waals surface area contributed by atoms with Gasteiger partial charge in [-0.05, 0) is 41.7 Å². The van der Waals surface area contributed by atoms with Crippen LogP contribution >= 0.6 is 0 Å². The van der Waals surface area contributed by atoms with E-state index in [0.717, 1.165) is 23.8 Å². The molecule has 1 heterocycles. The van der Waals surface area contributed by atoms with E-state index >= 15 is 0 Å². The van der Waals surface area contributed by atoms with Gasteiger partial charge in [0.2, 0.25) is 17.5 Å². The number of esters is 1. The molecule has 0 bridgehead atoms. The second kappa shape index (κ2) is 20.2. The molecule has 0 aromatic heterocycles. The van der Waals surface area contributed by atoms with E-state index in [9.17, 15) is 39.3 Å². The van der Waals surface area contributed by atoms with E-state index in [1.165, 1.54) is 6.92 Å². The van der Waals surface area contributed by atoms with Crippen LogP contribution in [0.25, 0.3) is 11.1 Å². The van der Waals surface area contributed by atoms with Crippen molar-refractivity contribution in [3.63, 3.8) is 0 Å². The van der Waals surface area contributed by atoms with Crippen molar-refractivity contribution in [1.82, 2.24) is 21.3 Å². The molecule has 0 radical (unpaired) electrons. The quantitative estimate of drug-likeness (QED) is 0.0781. The van der Waals surface area contributed by atoms with Crippen LogP contribution in [0.3, 0.4) is 0 Å². The highest BCUT2D eigenvalue weighted by Crippen LogP contribution is 2.32. The van der Waals surface area contributed by atoms with E-state index in [1.54, 1.807) is 24.3 Å². The number of rotatable bonds is 17. The van der Waals surface area contributed by atoms with Gasteiger partial charge in [0.1, 0.15) is 18.8 Å². The van der Waals surface area contributed by atoms with Crippen LogP contribution in [0.15, 0.2) is 84.9 Å². The van der Waals surface area contributed by atoms with Gasteiger partial charge in [-0.25, -0.2) is 9.59 Å². The van der Waals surface area contributed by atoms with Crippen LogP contribution < -0.4 is 21.3 Å². The van der Waals surface area contributed by atoms with E-state index in [4.69, 9.17) is 14.2 Å². The minimum Gasteiger partial charge on any atom is -0.465 e. The average Bonchev–Trinajstić information content (AvgIpc) is 3.18. The molecule has 0 spiro atoms. The van der Waals surface area contributed by atoms with Crippen LogP contribution in [0.5, 0.6) is 0 Å². The molecule has 1 fully saturated rings. The van der Waals surface area contributed by atoms with Crippen LogP contribution in [0.2, 0.25) is 0 Å². The fraction of sp³-hybridized carbons (Fsp3) is 0.410. The molecule has 3 aromatic carbocycles. The van der Waals surface area contributed by atoms with Crippen molar-refractivity contribution in [3.8, 4) is 11.1 Å². The summed E-state index contributed by atoms with van der Waals surface area (Å²) >= 11 is 0. The summed E-state index contributed by atoms with van der Waals surface area (Å²) < 4.78 is 16.1. The third kappa shape index (κ3) is 11.8. The molecular weight excluding hydrogens is 700 g/mol. The smallest absolute Gasteiger partial charge is 0.407 e. The highest BCUT2D eigenvalue weighted by molar-refractivity contribution is 5.94. The average molecular weight is 749 g/mol. The van der Waals surface area contributed by atoms with Gasteiger partial charge in [0.25, 0.3) is 5.91 Å². The van der Waals surface area contributed by atoms with Gasteiger partial charge in [-0.3, -0.25) is 14.4 Å². The lowest BCUT2D eigenvalue weighted by atomic mass is 9.87. The van der Waals surface area contributed by atoms with Crippen molar-refractivity contribution in [3.05, 3.63) is 96.1 Å². The summed E-state index contributed by atoms with van der Waals surface area (Å²) in [6.45, 7) is 1.14.